The molecule has 2 aromatic rings. The summed E-state index contributed by atoms with van der Waals surface area (Å²) in [5.41, 5.74) is 6.91. The van der Waals surface area contributed by atoms with E-state index in [2.05, 4.69) is 25.3 Å². The van der Waals surface area contributed by atoms with E-state index in [9.17, 15) is 0 Å². The average Bonchev–Trinajstić information content (AvgIpc) is 2.84. The molecule has 0 saturated heterocycles. The summed E-state index contributed by atoms with van der Waals surface area (Å²) in [4.78, 5) is 17.7. The molecule has 79 valence electrons. The Kier molecular flexibility index (Phi) is 1.87. The maximum atomic E-state index is 5.61. The molecular formula is C9H7N6S. The van der Waals surface area contributed by atoms with E-state index in [0.29, 0.717) is 17.2 Å². The molecule has 16 heavy (non-hydrogen) atoms. The Bertz CT molecular complexity index is 588. The van der Waals surface area contributed by atoms with E-state index in [1.165, 1.54) is 6.34 Å². The molecule has 7 heteroatoms. The van der Waals surface area contributed by atoms with Gasteiger partial charge in [-0.3, -0.25) is 0 Å². The zero-order valence-corrected chi connectivity index (χ0v) is 9.19. The Morgan fingerprint density at radius 1 is 1.31 bits per heavy atom. The molecule has 1 aliphatic rings. The van der Waals surface area contributed by atoms with Crippen molar-refractivity contribution in [3.05, 3.63) is 11.1 Å². The van der Waals surface area contributed by atoms with Gasteiger partial charge in [-0.25, -0.2) is 20.3 Å². The van der Waals surface area contributed by atoms with Crippen LogP contribution in [-0.4, -0.2) is 21.3 Å². The van der Waals surface area contributed by atoms with Gasteiger partial charge >= 0.3 is 0 Å². The molecule has 0 atom stereocenters. The van der Waals surface area contributed by atoms with Crippen molar-refractivity contribution in [3.63, 3.8) is 0 Å². The Balaban J connectivity index is 2.24. The first kappa shape index (κ1) is 9.22. The highest BCUT2D eigenvalue weighted by Gasteiger charge is 2.20. The normalized spacial score (nSPS) is 12.6. The van der Waals surface area contributed by atoms with Crippen LogP contribution in [0.2, 0.25) is 0 Å². The molecular weight excluding hydrogens is 224 g/mol. The molecule has 3 heterocycles. The van der Waals surface area contributed by atoms with Crippen molar-refractivity contribution in [1.82, 2.24) is 20.3 Å². The van der Waals surface area contributed by atoms with Gasteiger partial charge in [-0.15, -0.1) is 11.3 Å². The molecule has 1 radical (unpaired) electrons. The zero-order chi connectivity index (χ0) is 11.1. The second kappa shape index (κ2) is 3.24. The first-order chi connectivity index (χ1) is 7.74. The number of thiazole rings is 1. The number of aliphatic imine (C=N–C) groups is 1. The fourth-order valence-electron chi connectivity index (χ4n) is 1.42. The maximum absolute atomic E-state index is 5.61. The SMILES string of the molecule is Cc1cnc(-c2nc(N)nc3c2N=C[N]3)s1. The number of aryl methyl sites for hydroxylation is 1. The number of aromatic nitrogens is 3. The molecule has 2 aromatic heterocycles. The van der Waals surface area contributed by atoms with E-state index in [-0.39, 0.29) is 5.95 Å². The van der Waals surface area contributed by atoms with E-state index in [1.54, 1.807) is 17.5 Å². The Labute approximate surface area is 95.3 Å². The van der Waals surface area contributed by atoms with Gasteiger partial charge in [-0.2, -0.15) is 4.98 Å². The minimum atomic E-state index is 0.191. The third-order valence-electron chi connectivity index (χ3n) is 2.07. The van der Waals surface area contributed by atoms with Gasteiger partial charge in [0, 0.05) is 11.1 Å². The van der Waals surface area contributed by atoms with E-state index in [4.69, 9.17) is 5.73 Å². The van der Waals surface area contributed by atoms with Gasteiger partial charge < -0.3 is 5.73 Å². The summed E-state index contributed by atoms with van der Waals surface area (Å²) in [6.45, 7) is 1.99. The summed E-state index contributed by atoms with van der Waals surface area (Å²) in [5, 5.41) is 4.80. The summed E-state index contributed by atoms with van der Waals surface area (Å²) < 4.78 is 0. The molecule has 0 bridgehead atoms. The second-order valence-electron chi connectivity index (χ2n) is 3.25. The van der Waals surface area contributed by atoms with Crippen LogP contribution in [0.3, 0.4) is 0 Å². The molecule has 0 amide bonds. The smallest absolute Gasteiger partial charge is 0.222 e. The van der Waals surface area contributed by atoms with E-state index < -0.39 is 0 Å². The minimum Gasteiger partial charge on any atom is -0.368 e. The fourth-order valence-corrected chi connectivity index (χ4v) is 2.18. The number of hydrogen-bond acceptors (Lipinski definition) is 6. The molecule has 3 rings (SSSR count). The lowest BCUT2D eigenvalue weighted by molar-refractivity contribution is 1.13. The van der Waals surface area contributed by atoms with Crippen LogP contribution in [0.5, 0.6) is 0 Å². The molecule has 2 N–H and O–H groups in total. The molecule has 0 aliphatic carbocycles. The molecule has 0 saturated carbocycles. The summed E-state index contributed by atoms with van der Waals surface area (Å²) in [6.07, 6.45) is 3.24. The van der Waals surface area contributed by atoms with Crippen molar-refractivity contribution in [1.29, 1.82) is 0 Å². The highest BCUT2D eigenvalue weighted by molar-refractivity contribution is 7.15. The number of nitrogens with zero attached hydrogens (tertiary/aromatic N) is 5. The van der Waals surface area contributed by atoms with Gasteiger partial charge in [-0.05, 0) is 6.92 Å². The van der Waals surface area contributed by atoms with Crippen molar-refractivity contribution in [2.75, 3.05) is 5.73 Å². The van der Waals surface area contributed by atoms with Crippen LogP contribution in [0.25, 0.3) is 10.7 Å². The minimum absolute atomic E-state index is 0.191. The first-order valence-corrected chi connectivity index (χ1v) is 5.39. The predicted octanol–water partition coefficient (Wildman–Crippen LogP) is 1.40. The standard InChI is InChI=1S/C9H7N6S/c1-4-2-11-8(16-4)6-5-7(13-3-12-5)15-9(10)14-6/h2-3H,1H3,(H2,10,14,15). The number of nitrogens with two attached hydrogens (primary N) is 1. The van der Waals surface area contributed by atoms with Crippen LogP contribution in [0.15, 0.2) is 11.2 Å². The van der Waals surface area contributed by atoms with Gasteiger partial charge in [0.15, 0.2) is 5.82 Å². The lowest BCUT2D eigenvalue weighted by Gasteiger charge is -2.02. The van der Waals surface area contributed by atoms with Crippen molar-refractivity contribution in [2.45, 2.75) is 6.92 Å². The van der Waals surface area contributed by atoms with Crippen molar-refractivity contribution >= 4 is 35.1 Å². The fraction of sp³-hybridized carbons (Fsp3) is 0.111. The van der Waals surface area contributed by atoms with Gasteiger partial charge in [0.05, 0.1) is 0 Å². The van der Waals surface area contributed by atoms with Gasteiger partial charge in [0.1, 0.15) is 22.7 Å². The summed E-state index contributed by atoms with van der Waals surface area (Å²) in [5.74, 6) is 0.700. The molecule has 0 aromatic carbocycles. The zero-order valence-electron chi connectivity index (χ0n) is 8.38. The lowest BCUT2D eigenvalue weighted by Crippen LogP contribution is -1.99. The number of fused-ring (bicyclic) bond motifs is 1. The van der Waals surface area contributed by atoms with Gasteiger partial charge in [0.25, 0.3) is 0 Å². The van der Waals surface area contributed by atoms with Crippen molar-refractivity contribution in [3.8, 4) is 10.7 Å². The lowest BCUT2D eigenvalue weighted by atomic mass is 10.3. The van der Waals surface area contributed by atoms with E-state index in [1.807, 2.05) is 6.92 Å². The molecule has 0 unspecified atom stereocenters. The molecule has 1 aliphatic heterocycles. The third kappa shape index (κ3) is 1.33. The Morgan fingerprint density at radius 2 is 2.19 bits per heavy atom. The molecule has 0 spiro atoms. The number of nitrogen functional groups attached to an aromatic ring is 1. The van der Waals surface area contributed by atoms with Crippen molar-refractivity contribution < 1.29 is 0 Å². The predicted molar refractivity (Wildman–Crippen MR) is 62.2 cm³/mol. The molecule has 0 fully saturated rings. The second-order valence-corrected chi connectivity index (χ2v) is 4.49. The number of rotatable bonds is 1. The first-order valence-electron chi connectivity index (χ1n) is 4.58. The number of anilines is 1. The highest BCUT2D eigenvalue weighted by Crippen LogP contribution is 2.38. The van der Waals surface area contributed by atoms with Gasteiger partial charge in [0.2, 0.25) is 5.95 Å². The van der Waals surface area contributed by atoms with E-state index >= 15 is 0 Å². The molecule has 6 nitrogen and oxygen atoms in total. The Morgan fingerprint density at radius 3 is 2.94 bits per heavy atom. The number of hydrogen-bond donors (Lipinski definition) is 1. The van der Waals surface area contributed by atoms with Crippen LogP contribution in [0, 0.1) is 6.92 Å². The maximum Gasteiger partial charge on any atom is 0.222 e. The van der Waals surface area contributed by atoms with Crippen LogP contribution in [-0.2, 0) is 0 Å². The summed E-state index contributed by atoms with van der Waals surface area (Å²) in [7, 11) is 0. The van der Waals surface area contributed by atoms with E-state index in [0.717, 1.165) is 9.88 Å². The van der Waals surface area contributed by atoms with Gasteiger partial charge in [-0.1, -0.05) is 0 Å². The highest BCUT2D eigenvalue weighted by atomic mass is 32.1. The van der Waals surface area contributed by atoms with Crippen LogP contribution < -0.4 is 11.1 Å². The topological polar surface area (TPSA) is 91.2 Å². The summed E-state index contributed by atoms with van der Waals surface area (Å²) >= 11 is 1.54. The average molecular weight is 231 g/mol. The Hall–Kier alpha value is -2.02. The van der Waals surface area contributed by atoms with Crippen molar-refractivity contribution in [2.24, 2.45) is 4.99 Å². The quantitative estimate of drug-likeness (QED) is 0.803. The third-order valence-corrected chi connectivity index (χ3v) is 2.99. The van der Waals surface area contributed by atoms with Crippen LogP contribution in [0.1, 0.15) is 4.88 Å². The monoisotopic (exact) mass is 231 g/mol. The largest absolute Gasteiger partial charge is 0.368 e. The van der Waals surface area contributed by atoms with Crippen LogP contribution in [0.4, 0.5) is 17.5 Å². The summed E-state index contributed by atoms with van der Waals surface area (Å²) in [6, 6.07) is 0. The van der Waals surface area contributed by atoms with Crippen LogP contribution >= 0.6 is 11.3 Å².